The Morgan fingerprint density at radius 3 is 2.93 bits per heavy atom. The van der Waals surface area contributed by atoms with Gasteiger partial charge >= 0.3 is 5.88 Å². The maximum Gasteiger partial charge on any atom is 0.433 e. The van der Waals surface area contributed by atoms with E-state index in [4.69, 9.17) is 4.42 Å². The summed E-state index contributed by atoms with van der Waals surface area (Å²) in [6.07, 6.45) is 0.0925. The van der Waals surface area contributed by atoms with Crippen molar-refractivity contribution in [1.29, 1.82) is 0 Å². The molecule has 0 atom stereocenters. The van der Waals surface area contributed by atoms with Gasteiger partial charge in [-0.05, 0) is 30.3 Å². The van der Waals surface area contributed by atoms with E-state index in [-0.39, 0.29) is 11.5 Å². The van der Waals surface area contributed by atoms with E-state index in [1.54, 1.807) is 18.2 Å². The van der Waals surface area contributed by atoms with Gasteiger partial charge in [0.25, 0.3) is 0 Å². The maximum atomic E-state index is 12.3. The molecular formula is C16H11F2N3O4S2. The quantitative estimate of drug-likeness (QED) is 0.259. The molecule has 3 aromatic rings. The lowest BCUT2D eigenvalue weighted by Gasteiger charge is -2.01. The number of nitrogens with zero attached hydrogens (tertiary/aromatic N) is 2. The summed E-state index contributed by atoms with van der Waals surface area (Å²) >= 11 is 2.25. The van der Waals surface area contributed by atoms with Crippen LogP contribution in [0.25, 0.3) is 16.3 Å². The SMILES string of the molecule is O=C(C=Cc1ccc([N+](=O)[O-])o1)Nc1ccc2nc(SCC(F)F)sc2c1. The number of benzene rings is 1. The van der Waals surface area contributed by atoms with Crippen LogP contribution in [-0.4, -0.2) is 28.0 Å². The first-order valence-corrected chi connectivity index (χ1v) is 9.26. The highest BCUT2D eigenvalue weighted by Gasteiger charge is 2.11. The molecule has 0 aliphatic heterocycles. The Morgan fingerprint density at radius 2 is 2.22 bits per heavy atom. The van der Waals surface area contributed by atoms with Gasteiger partial charge in [0, 0.05) is 11.8 Å². The summed E-state index contributed by atoms with van der Waals surface area (Å²) in [6, 6.07) is 7.60. The minimum Gasteiger partial charge on any atom is -0.401 e. The van der Waals surface area contributed by atoms with Crippen LogP contribution in [0.1, 0.15) is 5.76 Å². The second-order valence-electron chi connectivity index (χ2n) is 5.12. The summed E-state index contributed by atoms with van der Waals surface area (Å²) < 4.78 is 30.8. The van der Waals surface area contributed by atoms with Crippen LogP contribution in [0.4, 0.5) is 20.4 Å². The molecule has 3 rings (SSSR count). The van der Waals surface area contributed by atoms with E-state index in [1.165, 1.54) is 35.6 Å². The van der Waals surface area contributed by atoms with Crippen molar-refractivity contribution in [2.75, 3.05) is 11.1 Å². The van der Waals surface area contributed by atoms with Crippen molar-refractivity contribution in [3.63, 3.8) is 0 Å². The van der Waals surface area contributed by atoms with Crippen LogP contribution in [0.15, 0.2) is 45.2 Å². The Bertz CT molecular complexity index is 1020. The smallest absolute Gasteiger partial charge is 0.401 e. The number of hydrogen-bond acceptors (Lipinski definition) is 7. The standard InChI is InChI=1S/C16H11F2N3O4S2/c17-13(18)8-26-16-20-11-4-1-9(7-12(11)27-16)19-14(22)5-2-10-3-6-15(25-10)21(23)24/h1-7,13H,8H2,(H,19,22). The van der Waals surface area contributed by atoms with Crippen molar-refractivity contribution in [1.82, 2.24) is 4.98 Å². The van der Waals surface area contributed by atoms with Crippen LogP contribution < -0.4 is 5.32 Å². The number of nitrogens with one attached hydrogen (secondary N) is 1. The Kier molecular flexibility index (Phi) is 5.81. The molecule has 0 unspecified atom stereocenters. The van der Waals surface area contributed by atoms with E-state index in [9.17, 15) is 23.7 Å². The van der Waals surface area contributed by atoms with Crippen LogP contribution in [-0.2, 0) is 4.79 Å². The molecule has 0 radical (unpaired) electrons. The lowest BCUT2D eigenvalue weighted by atomic mass is 10.3. The van der Waals surface area contributed by atoms with Crippen molar-refractivity contribution in [3.8, 4) is 0 Å². The number of rotatable bonds is 7. The Morgan fingerprint density at radius 1 is 1.41 bits per heavy atom. The minimum absolute atomic E-state index is 0.176. The van der Waals surface area contributed by atoms with Crippen molar-refractivity contribution >= 4 is 56.9 Å². The number of hydrogen-bond donors (Lipinski definition) is 1. The van der Waals surface area contributed by atoms with Gasteiger partial charge in [-0.15, -0.1) is 11.3 Å². The highest BCUT2D eigenvalue weighted by molar-refractivity contribution is 8.01. The van der Waals surface area contributed by atoms with E-state index in [0.29, 0.717) is 15.5 Å². The predicted molar refractivity (Wildman–Crippen MR) is 99.4 cm³/mol. The molecule has 2 heterocycles. The zero-order valence-corrected chi connectivity index (χ0v) is 15.1. The molecule has 0 bridgehead atoms. The Balaban J connectivity index is 1.65. The number of fused-ring (bicyclic) bond motifs is 1. The fourth-order valence-corrected chi connectivity index (χ4v) is 3.93. The van der Waals surface area contributed by atoms with Gasteiger partial charge in [-0.1, -0.05) is 11.8 Å². The van der Waals surface area contributed by atoms with E-state index in [0.717, 1.165) is 16.5 Å². The summed E-state index contributed by atoms with van der Waals surface area (Å²) in [6.45, 7) is 0. The Labute approximate surface area is 159 Å². The molecule has 2 aromatic heterocycles. The van der Waals surface area contributed by atoms with Gasteiger partial charge in [0.05, 0.1) is 22.0 Å². The van der Waals surface area contributed by atoms with E-state index >= 15 is 0 Å². The number of alkyl halides is 2. The van der Waals surface area contributed by atoms with Crippen LogP contribution in [0.3, 0.4) is 0 Å². The fraction of sp³-hybridized carbons (Fsp3) is 0.125. The highest BCUT2D eigenvalue weighted by Crippen LogP contribution is 2.32. The summed E-state index contributed by atoms with van der Waals surface area (Å²) in [5.41, 5.74) is 1.17. The van der Waals surface area contributed by atoms with Crippen LogP contribution >= 0.6 is 23.1 Å². The van der Waals surface area contributed by atoms with Crippen molar-refractivity contribution in [2.45, 2.75) is 10.8 Å². The van der Waals surface area contributed by atoms with E-state index < -0.39 is 23.1 Å². The molecule has 0 aliphatic rings. The third kappa shape index (κ3) is 5.11. The topological polar surface area (TPSA) is 98.3 Å². The van der Waals surface area contributed by atoms with Crippen LogP contribution in [0.2, 0.25) is 0 Å². The first-order chi connectivity index (χ1) is 12.9. The second-order valence-corrected chi connectivity index (χ2v) is 7.42. The lowest BCUT2D eigenvalue weighted by Crippen LogP contribution is -2.07. The van der Waals surface area contributed by atoms with Gasteiger partial charge in [0.15, 0.2) is 4.34 Å². The molecule has 7 nitrogen and oxygen atoms in total. The number of halogens is 2. The average molecular weight is 411 g/mol. The molecule has 0 spiro atoms. The predicted octanol–water partition coefficient (Wildman–Crippen LogP) is 4.81. The molecule has 1 aromatic carbocycles. The van der Waals surface area contributed by atoms with Gasteiger partial charge < -0.3 is 9.73 Å². The molecule has 0 aliphatic carbocycles. The summed E-state index contributed by atoms with van der Waals surface area (Å²) in [5.74, 6) is -1.01. The zero-order chi connectivity index (χ0) is 19.4. The molecule has 11 heteroatoms. The lowest BCUT2D eigenvalue weighted by molar-refractivity contribution is -0.402. The van der Waals surface area contributed by atoms with Gasteiger partial charge in [-0.3, -0.25) is 14.9 Å². The molecule has 27 heavy (non-hydrogen) atoms. The third-order valence-electron chi connectivity index (χ3n) is 3.16. The molecule has 0 saturated carbocycles. The number of carbonyl (C=O) groups is 1. The maximum absolute atomic E-state index is 12.3. The van der Waals surface area contributed by atoms with Gasteiger partial charge in [-0.25, -0.2) is 13.8 Å². The molecule has 0 fully saturated rings. The van der Waals surface area contributed by atoms with Crippen LogP contribution in [0.5, 0.6) is 0 Å². The number of nitro groups is 1. The zero-order valence-electron chi connectivity index (χ0n) is 13.4. The third-order valence-corrected chi connectivity index (χ3v) is 5.33. The highest BCUT2D eigenvalue weighted by atomic mass is 32.2. The first-order valence-electron chi connectivity index (χ1n) is 7.45. The van der Waals surface area contributed by atoms with E-state index in [1.807, 2.05) is 0 Å². The van der Waals surface area contributed by atoms with Gasteiger partial charge in [-0.2, -0.15) is 0 Å². The average Bonchev–Trinajstić information content (AvgIpc) is 3.24. The number of thiazole rings is 1. The number of furan rings is 1. The number of carbonyl (C=O) groups excluding carboxylic acids is 1. The molecule has 140 valence electrons. The van der Waals surface area contributed by atoms with Gasteiger partial charge in [0.2, 0.25) is 12.3 Å². The molecule has 0 saturated heterocycles. The first kappa shape index (κ1) is 19.0. The van der Waals surface area contributed by atoms with E-state index in [2.05, 4.69) is 10.3 Å². The second kappa shape index (κ2) is 8.27. The van der Waals surface area contributed by atoms with Gasteiger partial charge in [0.1, 0.15) is 10.7 Å². The largest absolute Gasteiger partial charge is 0.433 e. The number of aromatic nitrogens is 1. The summed E-state index contributed by atoms with van der Waals surface area (Å²) in [7, 11) is 0. The number of anilines is 1. The van der Waals surface area contributed by atoms with Crippen LogP contribution in [0, 0.1) is 10.1 Å². The normalized spacial score (nSPS) is 11.5. The molecule has 1 N–H and O–H groups in total. The summed E-state index contributed by atoms with van der Waals surface area (Å²) in [5, 5.41) is 13.2. The monoisotopic (exact) mass is 411 g/mol. The number of amides is 1. The van der Waals surface area contributed by atoms with Crippen molar-refractivity contribution in [3.05, 3.63) is 52.3 Å². The minimum atomic E-state index is -2.40. The molecular weight excluding hydrogens is 400 g/mol. The summed E-state index contributed by atoms with van der Waals surface area (Å²) in [4.78, 5) is 26.1. The van der Waals surface area contributed by atoms with Crippen molar-refractivity contribution in [2.24, 2.45) is 0 Å². The molecule has 1 amide bonds. The number of thioether (sulfide) groups is 1. The fourth-order valence-electron chi connectivity index (χ4n) is 2.05. The Hall–Kier alpha value is -2.79. The van der Waals surface area contributed by atoms with Crippen molar-refractivity contribution < 1.29 is 22.9 Å².